The lowest BCUT2D eigenvalue weighted by Crippen LogP contribution is -2.40. The third-order valence-electron chi connectivity index (χ3n) is 6.55. The zero-order valence-electron chi connectivity index (χ0n) is 21.3. The number of hydrogen-bond donors (Lipinski definition) is 0. The topological polar surface area (TPSA) is 52.6 Å². The van der Waals surface area contributed by atoms with E-state index in [0.717, 1.165) is 22.3 Å². The summed E-state index contributed by atoms with van der Waals surface area (Å²) in [6.07, 6.45) is 0. The zero-order valence-corrected chi connectivity index (χ0v) is 21.3. The molecule has 182 valence electrons. The third kappa shape index (κ3) is 4.41. The van der Waals surface area contributed by atoms with E-state index in [9.17, 15) is 9.59 Å². The summed E-state index contributed by atoms with van der Waals surface area (Å²) in [6, 6.07) is 27.9. The second kappa shape index (κ2) is 10.4. The molecule has 0 spiro atoms. The number of benzene rings is 4. The summed E-state index contributed by atoms with van der Waals surface area (Å²) in [5.74, 6) is -2.18. The molecule has 4 aromatic rings. The normalized spacial score (nSPS) is 11.4. The van der Waals surface area contributed by atoms with Crippen molar-refractivity contribution in [3.05, 3.63) is 130 Å². The first-order valence-corrected chi connectivity index (χ1v) is 11.9. The molecule has 4 heteroatoms. The summed E-state index contributed by atoms with van der Waals surface area (Å²) in [4.78, 5) is 28.3. The lowest BCUT2D eigenvalue weighted by Gasteiger charge is -2.30. The molecule has 0 amide bonds. The van der Waals surface area contributed by atoms with Gasteiger partial charge in [0.15, 0.2) is 5.78 Å². The number of carbonyl (C=O) groups excluding carboxylic acids is 2. The van der Waals surface area contributed by atoms with E-state index in [-0.39, 0.29) is 11.6 Å². The first kappa shape index (κ1) is 25.2. The van der Waals surface area contributed by atoms with E-state index < -0.39 is 5.79 Å². The Hall–Kier alpha value is -3.86. The number of aryl methyl sites for hydroxylation is 3. The summed E-state index contributed by atoms with van der Waals surface area (Å²) in [7, 11) is 2.90. The molecule has 0 bridgehead atoms. The van der Waals surface area contributed by atoms with Gasteiger partial charge in [0.05, 0.1) is 0 Å². The van der Waals surface area contributed by atoms with Gasteiger partial charge in [-0.2, -0.15) is 0 Å². The van der Waals surface area contributed by atoms with Gasteiger partial charge in [0.1, 0.15) is 0 Å². The quantitative estimate of drug-likeness (QED) is 0.206. The lowest BCUT2D eigenvalue weighted by molar-refractivity contribution is -0.176. The average Bonchev–Trinajstić information content (AvgIpc) is 2.89. The number of ketones is 2. The van der Waals surface area contributed by atoms with E-state index in [1.807, 2.05) is 81.4 Å². The Labute approximate surface area is 212 Å². The van der Waals surface area contributed by atoms with Crippen LogP contribution in [0.2, 0.25) is 0 Å². The molecule has 0 fully saturated rings. The molecular weight excluding hydrogens is 448 g/mol. The van der Waals surface area contributed by atoms with Gasteiger partial charge in [-0.1, -0.05) is 96.6 Å². The van der Waals surface area contributed by atoms with Crippen molar-refractivity contribution in [1.29, 1.82) is 0 Å². The van der Waals surface area contributed by atoms with Crippen LogP contribution >= 0.6 is 0 Å². The number of methoxy groups -OCH3 is 2. The molecule has 0 aliphatic heterocycles. The number of carbonyl (C=O) groups is 2. The Kier molecular flexibility index (Phi) is 7.30. The zero-order chi connectivity index (χ0) is 25.9. The lowest BCUT2D eigenvalue weighted by atomic mass is 9.84. The third-order valence-corrected chi connectivity index (χ3v) is 6.55. The van der Waals surface area contributed by atoms with E-state index in [1.54, 1.807) is 30.3 Å². The van der Waals surface area contributed by atoms with Crippen LogP contribution in [-0.2, 0) is 15.3 Å². The maximum Gasteiger partial charge on any atom is 0.260 e. The minimum atomic E-state index is -1.66. The van der Waals surface area contributed by atoms with Crippen molar-refractivity contribution in [2.45, 2.75) is 26.6 Å². The van der Waals surface area contributed by atoms with Crippen molar-refractivity contribution in [3.63, 3.8) is 0 Å². The van der Waals surface area contributed by atoms with Crippen LogP contribution in [0.15, 0.2) is 91.0 Å². The van der Waals surface area contributed by atoms with Gasteiger partial charge in [0.25, 0.3) is 5.79 Å². The van der Waals surface area contributed by atoms with Crippen LogP contribution in [-0.4, -0.2) is 25.8 Å². The fourth-order valence-electron chi connectivity index (χ4n) is 4.99. The van der Waals surface area contributed by atoms with Gasteiger partial charge < -0.3 is 9.47 Å². The van der Waals surface area contributed by atoms with Crippen molar-refractivity contribution in [1.82, 2.24) is 0 Å². The molecule has 0 aliphatic rings. The van der Waals surface area contributed by atoms with Crippen molar-refractivity contribution in [2.75, 3.05) is 14.2 Å². The fourth-order valence-corrected chi connectivity index (χ4v) is 4.99. The maximum absolute atomic E-state index is 14.3. The SMILES string of the molecule is COC(OC)(C(=O)c1cccc(C(=O)c2c(C)cc(C)cc2C)c1-c1ccccc1)c1ccccc1. The van der Waals surface area contributed by atoms with Crippen molar-refractivity contribution < 1.29 is 19.1 Å². The van der Waals surface area contributed by atoms with Gasteiger partial charge in [-0.3, -0.25) is 9.59 Å². The predicted octanol–water partition coefficient (Wildman–Crippen LogP) is 6.84. The van der Waals surface area contributed by atoms with E-state index in [4.69, 9.17) is 9.47 Å². The van der Waals surface area contributed by atoms with Crippen molar-refractivity contribution >= 4 is 11.6 Å². The molecule has 0 aliphatic carbocycles. The molecule has 0 heterocycles. The molecule has 4 nitrogen and oxygen atoms in total. The van der Waals surface area contributed by atoms with Gasteiger partial charge >= 0.3 is 0 Å². The van der Waals surface area contributed by atoms with E-state index in [0.29, 0.717) is 27.8 Å². The van der Waals surface area contributed by atoms with Crippen LogP contribution in [0.4, 0.5) is 0 Å². The Morgan fingerprint density at radius 1 is 0.667 bits per heavy atom. The van der Waals surface area contributed by atoms with Crippen molar-refractivity contribution in [2.24, 2.45) is 0 Å². The Morgan fingerprint density at radius 2 is 1.19 bits per heavy atom. The summed E-state index contributed by atoms with van der Waals surface area (Å²) < 4.78 is 11.5. The first-order valence-electron chi connectivity index (χ1n) is 11.9. The standard InChI is InChI=1S/C32H30O4/c1-21-19-22(2)28(23(3)20-21)30(33)26-17-12-18-27(29(26)24-13-8-6-9-14-24)31(34)32(35-4,36-5)25-15-10-7-11-16-25/h6-20H,1-5H3. The van der Waals surface area contributed by atoms with Crippen LogP contribution in [0.25, 0.3) is 11.1 Å². The molecule has 36 heavy (non-hydrogen) atoms. The molecule has 0 N–H and O–H groups in total. The molecule has 0 saturated heterocycles. The minimum Gasteiger partial charge on any atom is -0.343 e. The first-order chi connectivity index (χ1) is 17.3. The molecule has 0 radical (unpaired) electrons. The minimum absolute atomic E-state index is 0.126. The van der Waals surface area contributed by atoms with Gasteiger partial charge in [0, 0.05) is 42.0 Å². The van der Waals surface area contributed by atoms with Crippen LogP contribution in [0.3, 0.4) is 0 Å². The number of hydrogen-bond acceptors (Lipinski definition) is 4. The van der Waals surface area contributed by atoms with Gasteiger partial charge in [-0.05, 0) is 37.5 Å². The molecule has 0 unspecified atom stereocenters. The summed E-state index contributed by atoms with van der Waals surface area (Å²) in [5, 5.41) is 0. The second-order valence-corrected chi connectivity index (χ2v) is 8.92. The monoisotopic (exact) mass is 478 g/mol. The largest absolute Gasteiger partial charge is 0.343 e. The highest BCUT2D eigenvalue weighted by molar-refractivity contribution is 6.18. The van der Waals surface area contributed by atoms with E-state index in [1.165, 1.54) is 14.2 Å². The van der Waals surface area contributed by atoms with Crippen LogP contribution in [0.1, 0.15) is 48.5 Å². The molecule has 0 atom stereocenters. The van der Waals surface area contributed by atoms with Crippen LogP contribution in [0, 0.1) is 20.8 Å². The highest BCUT2D eigenvalue weighted by Crippen LogP contribution is 2.37. The maximum atomic E-state index is 14.3. The summed E-state index contributed by atoms with van der Waals surface area (Å²) >= 11 is 0. The Morgan fingerprint density at radius 3 is 1.75 bits per heavy atom. The fraction of sp³-hybridized carbons (Fsp3) is 0.188. The molecule has 4 aromatic carbocycles. The van der Waals surface area contributed by atoms with Crippen LogP contribution in [0.5, 0.6) is 0 Å². The molecular formula is C32H30O4. The highest BCUT2D eigenvalue weighted by atomic mass is 16.7. The Bertz CT molecular complexity index is 1380. The Balaban J connectivity index is 1.99. The van der Waals surface area contributed by atoms with Gasteiger partial charge in [0.2, 0.25) is 5.78 Å². The predicted molar refractivity (Wildman–Crippen MR) is 142 cm³/mol. The molecule has 0 saturated carbocycles. The molecule has 4 rings (SSSR count). The van der Waals surface area contributed by atoms with E-state index in [2.05, 4.69) is 0 Å². The summed E-state index contributed by atoms with van der Waals surface area (Å²) in [5.41, 5.74) is 6.25. The van der Waals surface area contributed by atoms with Gasteiger partial charge in [-0.15, -0.1) is 0 Å². The smallest absolute Gasteiger partial charge is 0.260 e. The number of rotatable bonds is 8. The number of ether oxygens (including phenoxy) is 2. The average molecular weight is 479 g/mol. The van der Waals surface area contributed by atoms with Gasteiger partial charge in [-0.25, -0.2) is 0 Å². The highest BCUT2D eigenvalue weighted by Gasteiger charge is 2.43. The van der Waals surface area contributed by atoms with E-state index >= 15 is 0 Å². The van der Waals surface area contributed by atoms with Crippen LogP contribution < -0.4 is 0 Å². The number of Topliss-reactive ketones (excluding diaryl/α,β-unsaturated/α-hetero) is 1. The van der Waals surface area contributed by atoms with Crippen molar-refractivity contribution in [3.8, 4) is 11.1 Å². The summed E-state index contributed by atoms with van der Waals surface area (Å²) in [6.45, 7) is 5.91. The second-order valence-electron chi connectivity index (χ2n) is 8.92. The molecule has 0 aromatic heterocycles.